The van der Waals surface area contributed by atoms with Gasteiger partial charge in [-0.1, -0.05) is 11.6 Å². The molecular formula is C20H29Cl2N5O. The molecule has 1 aliphatic heterocycles. The summed E-state index contributed by atoms with van der Waals surface area (Å²) < 4.78 is 1.87. The van der Waals surface area contributed by atoms with Crippen molar-refractivity contribution in [3.8, 4) is 5.69 Å². The van der Waals surface area contributed by atoms with Crippen LogP contribution in [0.15, 0.2) is 24.3 Å². The third kappa shape index (κ3) is 5.95. The van der Waals surface area contributed by atoms with Gasteiger partial charge in [0.2, 0.25) is 5.91 Å². The summed E-state index contributed by atoms with van der Waals surface area (Å²) >= 11 is 5.97. The average molecular weight is 426 g/mol. The van der Waals surface area contributed by atoms with Crippen LogP contribution in [0.5, 0.6) is 0 Å². The number of hydrogen-bond donors (Lipinski definition) is 2. The first-order valence-corrected chi connectivity index (χ1v) is 9.93. The van der Waals surface area contributed by atoms with E-state index in [1.165, 1.54) is 0 Å². The standard InChI is InChI=1S/C20H28ClN5O.ClH/c1-15-19(16(2)26(24-15)18-6-4-17(21)5-7-18)14-20(27)23-8-3-11-25-12-9-22-10-13-25;/h4-7,22H,3,8-14H2,1-2H3,(H,23,27);1H. The average Bonchev–Trinajstić information content (AvgIpc) is 2.95. The Labute approximate surface area is 178 Å². The smallest absolute Gasteiger partial charge is 0.224 e. The molecule has 0 spiro atoms. The quantitative estimate of drug-likeness (QED) is 0.668. The lowest BCUT2D eigenvalue weighted by molar-refractivity contribution is -0.120. The highest BCUT2D eigenvalue weighted by Gasteiger charge is 2.16. The van der Waals surface area contributed by atoms with E-state index < -0.39 is 0 Å². The fourth-order valence-electron chi connectivity index (χ4n) is 3.45. The Kier molecular flexibility index (Phi) is 8.76. The van der Waals surface area contributed by atoms with E-state index >= 15 is 0 Å². The lowest BCUT2D eigenvalue weighted by atomic mass is 10.1. The largest absolute Gasteiger partial charge is 0.356 e. The normalized spacial score (nSPS) is 14.5. The molecule has 0 atom stereocenters. The summed E-state index contributed by atoms with van der Waals surface area (Å²) in [6, 6.07) is 7.56. The Bertz CT molecular complexity index is 770. The van der Waals surface area contributed by atoms with Gasteiger partial charge in [-0.2, -0.15) is 5.10 Å². The SMILES string of the molecule is Cc1nn(-c2ccc(Cl)cc2)c(C)c1CC(=O)NCCCN1CCNCC1.Cl. The second-order valence-corrected chi connectivity index (χ2v) is 7.45. The van der Waals surface area contributed by atoms with Gasteiger partial charge in [-0.3, -0.25) is 4.79 Å². The molecule has 1 amide bonds. The Morgan fingerprint density at radius 2 is 1.89 bits per heavy atom. The van der Waals surface area contributed by atoms with Crippen LogP contribution in [0.1, 0.15) is 23.4 Å². The number of carbonyl (C=O) groups excluding carboxylic acids is 1. The predicted molar refractivity (Wildman–Crippen MR) is 116 cm³/mol. The van der Waals surface area contributed by atoms with Crippen LogP contribution in [-0.2, 0) is 11.2 Å². The molecule has 0 bridgehead atoms. The molecule has 154 valence electrons. The first kappa shape index (κ1) is 22.7. The minimum atomic E-state index is 0. The minimum absolute atomic E-state index is 0. The van der Waals surface area contributed by atoms with Crippen LogP contribution in [0, 0.1) is 13.8 Å². The van der Waals surface area contributed by atoms with Crippen molar-refractivity contribution in [2.45, 2.75) is 26.7 Å². The summed E-state index contributed by atoms with van der Waals surface area (Å²) in [5, 5.41) is 11.7. The van der Waals surface area contributed by atoms with Crippen molar-refractivity contribution in [2.75, 3.05) is 39.3 Å². The molecule has 6 nitrogen and oxygen atoms in total. The molecule has 2 N–H and O–H groups in total. The molecule has 3 rings (SSSR count). The Morgan fingerprint density at radius 1 is 1.21 bits per heavy atom. The van der Waals surface area contributed by atoms with Gasteiger partial charge in [0, 0.05) is 49.0 Å². The van der Waals surface area contributed by atoms with Crippen LogP contribution in [-0.4, -0.2) is 59.9 Å². The summed E-state index contributed by atoms with van der Waals surface area (Å²) in [4.78, 5) is 14.8. The zero-order valence-corrected chi connectivity index (χ0v) is 18.1. The highest BCUT2D eigenvalue weighted by molar-refractivity contribution is 6.30. The van der Waals surface area contributed by atoms with E-state index in [-0.39, 0.29) is 18.3 Å². The zero-order valence-electron chi connectivity index (χ0n) is 16.5. The molecular weight excluding hydrogens is 397 g/mol. The van der Waals surface area contributed by atoms with Gasteiger partial charge in [0.25, 0.3) is 0 Å². The second kappa shape index (κ2) is 10.8. The highest BCUT2D eigenvalue weighted by atomic mass is 35.5. The van der Waals surface area contributed by atoms with Crippen molar-refractivity contribution in [1.82, 2.24) is 25.3 Å². The van der Waals surface area contributed by atoms with Crippen molar-refractivity contribution in [2.24, 2.45) is 0 Å². The molecule has 0 radical (unpaired) electrons. The lowest BCUT2D eigenvalue weighted by Gasteiger charge is -2.27. The van der Waals surface area contributed by atoms with E-state index in [2.05, 4.69) is 20.6 Å². The number of aromatic nitrogens is 2. The maximum atomic E-state index is 12.4. The summed E-state index contributed by atoms with van der Waals surface area (Å²) in [5.74, 6) is 0.0529. The highest BCUT2D eigenvalue weighted by Crippen LogP contribution is 2.20. The Hall–Kier alpha value is -1.60. The lowest BCUT2D eigenvalue weighted by Crippen LogP contribution is -2.44. The summed E-state index contributed by atoms with van der Waals surface area (Å²) in [7, 11) is 0. The van der Waals surface area contributed by atoms with E-state index in [1.807, 2.05) is 42.8 Å². The molecule has 1 aromatic heterocycles. The second-order valence-electron chi connectivity index (χ2n) is 7.01. The van der Waals surface area contributed by atoms with Crippen molar-refractivity contribution < 1.29 is 4.79 Å². The number of piperazine rings is 1. The van der Waals surface area contributed by atoms with Gasteiger partial charge in [0.05, 0.1) is 17.8 Å². The first-order chi connectivity index (χ1) is 13.0. The van der Waals surface area contributed by atoms with E-state index in [0.29, 0.717) is 18.0 Å². The molecule has 1 fully saturated rings. The van der Waals surface area contributed by atoms with Gasteiger partial charge in [-0.05, 0) is 51.1 Å². The van der Waals surface area contributed by atoms with Crippen LogP contribution in [0.4, 0.5) is 0 Å². The third-order valence-corrected chi connectivity index (χ3v) is 5.28. The number of amides is 1. The van der Waals surface area contributed by atoms with Crippen molar-refractivity contribution in [3.63, 3.8) is 0 Å². The van der Waals surface area contributed by atoms with E-state index in [1.54, 1.807) is 0 Å². The molecule has 2 aromatic rings. The van der Waals surface area contributed by atoms with Gasteiger partial charge in [-0.25, -0.2) is 4.68 Å². The zero-order chi connectivity index (χ0) is 19.2. The number of nitrogens with zero attached hydrogens (tertiary/aromatic N) is 3. The fraction of sp³-hybridized carbons (Fsp3) is 0.500. The summed E-state index contributed by atoms with van der Waals surface area (Å²) in [6.45, 7) is 10.0. The molecule has 0 unspecified atom stereocenters. The number of aryl methyl sites for hydroxylation is 1. The summed E-state index contributed by atoms with van der Waals surface area (Å²) in [5.41, 5.74) is 3.82. The molecule has 28 heavy (non-hydrogen) atoms. The summed E-state index contributed by atoms with van der Waals surface area (Å²) in [6.07, 6.45) is 1.34. The number of carbonyl (C=O) groups is 1. The van der Waals surface area contributed by atoms with Gasteiger partial charge in [0.1, 0.15) is 0 Å². The number of benzene rings is 1. The van der Waals surface area contributed by atoms with Gasteiger partial charge in [-0.15, -0.1) is 12.4 Å². The van der Waals surface area contributed by atoms with Crippen LogP contribution < -0.4 is 10.6 Å². The fourth-order valence-corrected chi connectivity index (χ4v) is 3.58. The van der Waals surface area contributed by atoms with Gasteiger partial charge in [0.15, 0.2) is 0 Å². The molecule has 8 heteroatoms. The first-order valence-electron chi connectivity index (χ1n) is 9.55. The predicted octanol–water partition coefficient (Wildman–Crippen LogP) is 2.52. The van der Waals surface area contributed by atoms with Crippen molar-refractivity contribution >= 4 is 29.9 Å². The minimum Gasteiger partial charge on any atom is -0.356 e. The van der Waals surface area contributed by atoms with Crippen LogP contribution in [0.25, 0.3) is 5.69 Å². The number of halogens is 2. The monoisotopic (exact) mass is 425 g/mol. The number of nitrogens with one attached hydrogen (secondary N) is 2. The van der Waals surface area contributed by atoms with Crippen LogP contribution >= 0.6 is 24.0 Å². The molecule has 1 aromatic carbocycles. The Balaban J connectivity index is 0.00000280. The van der Waals surface area contributed by atoms with E-state index in [0.717, 1.165) is 61.8 Å². The van der Waals surface area contributed by atoms with Crippen molar-refractivity contribution in [3.05, 3.63) is 46.2 Å². The number of rotatable bonds is 7. The molecule has 0 saturated carbocycles. The van der Waals surface area contributed by atoms with Crippen LogP contribution in [0.2, 0.25) is 5.02 Å². The molecule has 1 aliphatic rings. The number of hydrogen-bond acceptors (Lipinski definition) is 4. The Morgan fingerprint density at radius 3 is 2.57 bits per heavy atom. The topological polar surface area (TPSA) is 62.2 Å². The van der Waals surface area contributed by atoms with Crippen LogP contribution in [0.3, 0.4) is 0 Å². The molecule has 0 aliphatic carbocycles. The van der Waals surface area contributed by atoms with E-state index in [4.69, 9.17) is 11.6 Å². The maximum Gasteiger partial charge on any atom is 0.224 e. The maximum absolute atomic E-state index is 12.4. The molecule has 1 saturated heterocycles. The third-order valence-electron chi connectivity index (χ3n) is 5.03. The molecule has 2 heterocycles. The van der Waals surface area contributed by atoms with Gasteiger partial charge < -0.3 is 15.5 Å². The van der Waals surface area contributed by atoms with Gasteiger partial charge >= 0.3 is 0 Å². The van der Waals surface area contributed by atoms with E-state index in [9.17, 15) is 4.79 Å². The van der Waals surface area contributed by atoms with Crippen molar-refractivity contribution in [1.29, 1.82) is 0 Å².